The van der Waals surface area contributed by atoms with Crippen LogP contribution in [0.15, 0.2) is 54.6 Å². The van der Waals surface area contributed by atoms with E-state index in [0.717, 1.165) is 11.1 Å². The molecule has 26 heavy (non-hydrogen) atoms. The summed E-state index contributed by atoms with van der Waals surface area (Å²) in [5, 5.41) is 2.64. The number of carbonyl (C=O) groups is 3. The molecule has 1 atom stereocenters. The topological polar surface area (TPSA) is 72.5 Å². The Morgan fingerprint density at radius 1 is 1.00 bits per heavy atom. The molecular weight excluding hydrogens is 330 g/mol. The van der Waals surface area contributed by atoms with Crippen LogP contribution in [-0.4, -0.2) is 23.8 Å². The van der Waals surface area contributed by atoms with Gasteiger partial charge in [0.15, 0.2) is 11.9 Å². The number of aryl methyl sites for hydroxylation is 1. The number of ether oxygens (including phenoxy) is 1. The number of ketones is 1. The fraction of sp³-hybridized carbons (Fsp3) is 0.190. The van der Waals surface area contributed by atoms with Crippen molar-refractivity contribution in [2.45, 2.75) is 26.9 Å². The maximum absolute atomic E-state index is 12.1. The molecule has 1 unspecified atom stereocenters. The van der Waals surface area contributed by atoms with E-state index in [2.05, 4.69) is 5.32 Å². The number of anilines is 1. The zero-order chi connectivity index (χ0) is 19.1. The quantitative estimate of drug-likeness (QED) is 0.488. The summed E-state index contributed by atoms with van der Waals surface area (Å²) < 4.78 is 5.10. The van der Waals surface area contributed by atoms with Crippen molar-refractivity contribution in [3.63, 3.8) is 0 Å². The lowest BCUT2D eigenvalue weighted by Crippen LogP contribution is -2.29. The van der Waals surface area contributed by atoms with E-state index in [9.17, 15) is 14.4 Å². The molecule has 0 saturated carbocycles. The molecule has 0 aliphatic heterocycles. The van der Waals surface area contributed by atoms with Crippen LogP contribution in [0, 0.1) is 6.92 Å². The van der Waals surface area contributed by atoms with Gasteiger partial charge >= 0.3 is 5.97 Å². The molecule has 0 bridgehead atoms. The number of amides is 1. The molecule has 0 aliphatic carbocycles. The summed E-state index contributed by atoms with van der Waals surface area (Å²) in [6, 6.07) is 14.2. The molecule has 0 spiro atoms. The minimum Gasteiger partial charge on any atom is -0.449 e. The van der Waals surface area contributed by atoms with E-state index in [1.165, 1.54) is 19.9 Å². The van der Waals surface area contributed by atoms with Crippen LogP contribution < -0.4 is 5.32 Å². The van der Waals surface area contributed by atoms with Gasteiger partial charge in [0.25, 0.3) is 5.91 Å². The van der Waals surface area contributed by atoms with Gasteiger partial charge in [0.1, 0.15) is 0 Å². The second-order valence-electron chi connectivity index (χ2n) is 5.95. The Kier molecular flexibility index (Phi) is 6.44. The first kappa shape index (κ1) is 19.1. The van der Waals surface area contributed by atoms with Crippen molar-refractivity contribution >= 4 is 29.4 Å². The third-order valence-corrected chi connectivity index (χ3v) is 3.71. The van der Waals surface area contributed by atoms with E-state index >= 15 is 0 Å². The number of hydrogen-bond acceptors (Lipinski definition) is 4. The van der Waals surface area contributed by atoms with E-state index in [1.807, 2.05) is 31.2 Å². The minimum atomic E-state index is -0.947. The van der Waals surface area contributed by atoms with Crippen molar-refractivity contribution in [2.24, 2.45) is 0 Å². The van der Waals surface area contributed by atoms with Gasteiger partial charge in [-0.2, -0.15) is 0 Å². The molecule has 5 nitrogen and oxygen atoms in total. The van der Waals surface area contributed by atoms with Gasteiger partial charge in [0.05, 0.1) is 0 Å². The van der Waals surface area contributed by atoms with E-state index in [0.29, 0.717) is 11.3 Å². The van der Waals surface area contributed by atoms with Crippen molar-refractivity contribution in [3.8, 4) is 0 Å². The fourth-order valence-electron chi connectivity index (χ4n) is 2.14. The Morgan fingerprint density at radius 2 is 1.62 bits per heavy atom. The first-order chi connectivity index (χ1) is 12.3. The maximum Gasteiger partial charge on any atom is 0.331 e. The summed E-state index contributed by atoms with van der Waals surface area (Å²) in [7, 11) is 0. The molecule has 0 radical (unpaired) electrons. The molecule has 0 fully saturated rings. The molecule has 0 aliphatic rings. The van der Waals surface area contributed by atoms with E-state index < -0.39 is 18.0 Å². The number of Topliss-reactive ketones (excluding diaryl/α,β-unsaturated/α-hetero) is 1. The number of benzene rings is 2. The van der Waals surface area contributed by atoms with Crippen LogP contribution in [0.25, 0.3) is 6.08 Å². The van der Waals surface area contributed by atoms with Crippen LogP contribution in [-0.2, 0) is 14.3 Å². The molecule has 0 saturated heterocycles. The third-order valence-electron chi connectivity index (χ3n) is 3.71. The highest BCUT2D eigenvalue weighted by molar-refractivity contribution is 5.98. The molecule has 2 aromatic carbocycles. The van der Waals surface area contributed by atoms with Crippen LogP contribution in [0.5, 0.6) is 0 Å². The standard InChI is InChI=1S/C21H21NO4/c1-14-4-6-17(7-5-14)8-13-20(24)26-16(3)21(25)22-19-11-9-18(10-12-19)15(2)23/h4-13,16H,1-3H3,(H,22,25)/b13-8+. The van der Waals surface area contributed by atoms with Gasteiger partial charge in [-0.25, -0.2) is 4.79 Å². The van der Waals surface area contributed by atoms with Gasteiger partial charge < -0.3 is 10.1 Å². The lowest BCUT2D eigenvalue weighted by Gasteiger charge is -2.12. The predicted octanol–water partition coefficient (Wildman–Crippen LogP) is 3.78. The number of hydrogen-bond donors (Lipinski definition) is 1. The SMILES string of the molecule is CC(=O)c1ccc(NC(=O)C(C)OC(=O)/C=C/c2ccc(C)cc2)cc1. The summed E-state index contributed by atoms with van der Waals surface area (Å²) in [5.41, 5.74) is 3.09. The van der Waals surface area contributed by atoms with Crippen molar-refractivity contribution in [3.05, 3.63) is 71.3 Å². The molecule has 5 heteroatoms. The highest BCUT2D eigenvalue weighted by Crippen LogP contribution is 2.11. The summed E-state index contributed by atoms with van der Waals surface area (Å²) in [5.74, 6) is -1.09. The molecule has 2 aromatic rings. The molecule has 0 heterocycles. The Labute approximate surface area is 152 Å². The maximum atomic E-state index is 12.1. The molecule has 1 N–H and O–H groups in total. The van der Waals surface area contributed by atoms with E-state index in [-0.39, 0.29) is 5.78 Å². The Balaban J connectivity index is 1.88. The van der Waals surface area contributed by atoms with Crippen molar-refractivity contribution < 1.29 is 19.1 Å². The van der Waals surface area contributed by atoms with Gasteiger partial charge in [-0.3, -0.25) is 9.59 Å². The lowest BCUT2D eigenvalue weighted by atomic mass is 10.1. The summed E-state index contributed by atoms with van der Waals surface area (Å²) >= 11 is 0. The highest BCUT2D eigenvalue weighted by Gasteiger charge is 2.16. The molecule has 0 aromatic heterocycles. The van der Waals surface area contributed by atoms with Crippen molar-refractivity contribution in [1.82, 2.24) is 0 Å². The first-order valence-corrected chi connectivity index (χ1v) is 8.22. The number of rotatable bonds is 6. The molecule has 134 valence electrons. The van der Waals surface area contributed by atoms with Crippen molar-refractivity contribution in [2.75, 3.05) is 5.32 Å². The number of nitrogens with one attached hydrogen (secondary N) is 1. The fourth-order valence-corrected chi connectivity index (χ4v) is 2.14. The summed E-state index contributed by atoms with van der Waals surface area (Å²) in [4.78, 5) is 35.2. The largest absolute Gasteiger partial charge is 0.449 e. The number of carbonyl (C=O) groups excluding carboxylic acids is 3. The van der Waals surface area contributed by atoms with Gasteiger partial charge in [0.2, 0.25) is 0 Å². The van der Waals surface area contributed by atoms with Crippen LogP contribution >= 0.6 is 0 Å². The number of esters is 1. The van der Waals surface area contributed by atoms with Gasteiger partial charge in [-0.15, -0.1) is 0 Å². The highest BCUT2D eigenvalue weighted by atomic mass is 16.5. The Hall–Kier alpha value is -3.21. The Bertz CT molecular complexity index is 820. The van der Waals surface area contributed by atoms with Gasteiger partial charge in [-0.05, 0) is 56.7 Å². The van der Waals surface area contributed by atoms with E-state index in [4.69, 9.17) is 4.74 Å². The molecule has 2 rings (SSSR count). The minimum absolute atomic E-state index is 0.0504. The van der Waals surface area contributed by atoms with Crippen LogP contribution in [0.4, 0.5) is 5.69 Å². The predicted molar refractivity (Wildman–Crippen MR) is 101 cm³/mol. The third kappa shape index (κ3) is 5.70. The van der Waals surface area contributed by atoms with Crippen LogP contribution in [0.1, 0.15) is 35.3 Å². The lowest BCUT2D eigenvalue weighted by molar-refractivity contribution is -0.148. The summed E-state index contributed by atoms with van der Waals surface area (Å²) in [6.07, 6.45) is 1.97. The monoisotopic (exact) mass is 351 g/mol. The zero-order valence-corrected chi connectivity index (χ0v) is 15.0. The average Bonchev–Trinajstić information content (AvgIpc) is 2.61. The average molecular weight is 351 g/mol. The second-order valence-corrected chi connectivity index (χ2v) is 5.95. The van der Waals surface area contributed by atoms with Gasteiger partial charge in [-0.1, -0.05) is 29.8 Å². The Morgan fingerprint density at radius 3 is 2.19 bits per heavy atom. The smallest absolute Gasteiger partial charge is 0.331 e. The van der Waals surface area contributed by atoms with Crippen LogP contribution in [0.2, 0.25) is 0 Å². The second kappa shape index (κ2) is 8.76. The molecule has 1 amide bonds. The molecular formula is C21H21NO4. The summed E-state index contributed by atoms with van der Waals surface area (Å²) in [6.45, 7) is 4.95. The first-order valence-electron chi connectivity index (χ1n) is 8.22. The normalized spacial score (nSPS) is 11.8. The van der Waals surface area contributed by atoms with Crippen LogP contribution in [0.3, 0.4) is 0 Å². The van der Waals surface area contributed by atoms with Gasteiger partial charge in [0, 0.05) is 17.3 Å². The zero-order valence-electron chi connectivity index (χ0n) is 15.0. The van der Waals surface area contributed by atoms with E-state index in [1.54, 1.807) is 30.3 Å². The van der Waals surface area contributed by atoms with Crippen molar-refractivity contribution in [1.29, 1.82) is 0 Å².